The van der Waals surface area contributed by atoms with Crippen LogP contribution in [0.5, 0.6) is 0 Å². The number of rotatable bonds is 9. The largest absolute Gasteiger partial charge is 0.354 e. The Hall–Kier alpha value is -2.47. The molecule has 29 heavy (non-hydrogen) atoms. The first-order valence-corrected chi connectivity index (χ1v) is 9.99. The van der Waals surface area contributed by atoms with E-state index in [2.05, 4.69) is 5.32 Å². The summed E-state index contributed by atoms with van der Waals surface area (Å²) >= 11 is 6.07. The molecule has 4 nitrogen and oxygen atoms in total. The van der Waals surface area contributed by atoms with Crippen molar-refractivity contribution < 1.29 is 18.4 Å². The van der Waals surface area contributed by atoms with Gasteiger partial charge in [-0.1, -0.05) is 43.6 Å². The molecule has 0 aromatic heterocycles. The van der Waals surface area contributed by atoms with E-state index in [0.717, 1.165) is 6.42 Å². The molecule has 2 rings (SSSR count). The second-order valence-corrected chi connectivity index (χ2v) is 7.15. The van der Waals surface area contributed by atoms with E-state index in [1.165, 1.54) is 35.2 Å². The molecule has 0 saturated carbocycles. The van der Waals surface area contributed by atoms with Crippen molar-refractivity contribution in [3.05, 3.63) is 70.2 Å². The van der Waals surface area contributed by atoms with Crippen LogP contribution in [0, 0.1) is 11.6 Å². The predicted molar refractivity (Wildman–Crippen MR) is 109 cm³/mol. The minimum absolute atomic E-state index is 0.0899. The van der Waals surface area contributed by atoms with Gasteiger partial charge in [-0.15, -0.1) is 0 Å². The molecule has 0 bridgehead atoms. The van der Waals surface area contributed by atoms with Gasteiger partial charge in [0.1, 0.15) is 17.7 Å². The second kappa shape index (κ2) is 10.9. The number of halogens is 3. The van der Waals surface area contributed by atoms with Crippen LogP contribution >= 0.6 is 11.6 Å². The molecule has 0 saturated heterocycles. The van der Waals surface area contributed by atoms with Crippen molar-refractivity contribution in [2.45, 2.75) is 45.7 Å². The maximum absolute atomic E-state index is 14.2. The number of hydrogen-bond acceptors (Lipinski definition) is 2. The van der Waals surface area contributed by atoms with Gasteiger partial charge >= 0.3 is 0 Å². The highest BCUT2D eigenvalue weighted by Gasteiger charge is 2.29. The predicted octanol–water partition coefficient (Wildman–Crippen LogP) is 4.49. The molecule has 0 aliphatic carbocycles. The average molecular weight is 423 g/mol. The first-order chi connectivity index (χ1) is 13.9. The van der Waals surface area contributed by atoms with Gasteiger partial charge in [0.05, 0.1) is 6.42 Å². The van der Waals surface area contributed by atoms with Crippen molar-refractivity contribution in [2.24, 2.45) is 0 Å². The lowest BCUT2D eigenvalue weighted by atomic mass is 10.1. The lowest BCUT2D eigenvalue weighted by molar-refractivity contribution is -0.141. The summed E-state index contributed by atoms with van der Waals surface area (Å²) < 4.78 is 27.4. The van der Waals surface area contributed by atoms with Crippen molar-refractivity contribution in [1.29, 1.82) is 0 Å². The second-order valence-electron chi connectivity index (χ2n) is 6.74. The van der Waals surface area contributed by atoms with Crippen LogP contribution < -0.4 is 5.32 Å². The van der Waals surface area contributed by atoms with Crippen molar-refractivity contribution in [3.63, 3.8) is 0 Å². The van der Waals surface area contributed by atoms with E-state index in [0.29, 0.717) is 18.5 Å². The minimum atomic E-state index is -0.732. The Morgan fingerprint density at radius 2 is 1.79 bits per heavy atom. The Bertz CT molecular complexity index is 823. The molecule has 1 atom stereocenters. The fraction of sp³-hybridized carbons (Fsp3) is 0.364. The van der Waals surface area contributed by atoms with Gasteiger partial charge in [-0.3, -0.25) is 9.59 Å². The quantitative estimate of drug-likeness (QED) is 0.647. The van der Waals surface area contributed by atoms with Gasteiger partial charge < -0.3 is 10.2 Å². The molecular weight excluding hydrogens is 398 g/mol. The molecule has 2 amide bonds. The Morgan fingerprint density at radius 3 is 2.38 bits per heavy atom. The highest BCUT2D eigenvalue weighted by molar-refractivity contribution is 6.31. The zero-order valence-corrected chi connectivity index (χ0v) is 17.3. The van der Waals surface area contributed by atoms with Crippen molar-refractivity contribution in [1.82, 2.24) is 10.2 Å². The van der Waals surface area contributed by atoms with E-state index in [-0.39, 0.29) is 29.5 Å². The van der Waals surface area contributed by atoms with Gasteiger partial charge in [-0.2, -0.15) is 0 Å². The summed E-state index contributed by atoms with van der Waals surface area (Å²) in [6.07, 6.45) is 0.872. The fourth-order valence-corrected chi connectivity index (χ4v) is 3.26. The van der Waals surface area contributed by atoms with Crippen LogP contribution in [0.2, 0.25) is 5.02 Å². The molecule has 0 unspecified atom stereocenters. The first-order valence-electron chi connectivity index (χ1n) is 9.61. The van der Waals surface area contributed by atoms with Gasteiger partial charge in [0.25, 0.3) is 0 Å². The van der Waals surface area contributed by atoms with E-state index in [1.807, 2.05) is 6.92 Å². The number of carbonyl (C=O) groups excluding carboxylic acids is 2. The Labute approximate surface area is 174 Å². The summed E-state index contributed by atoms with van der Waals surface area (Å²) in [4.78, 5) is 27.2. The van der Waals surface area contributed by atoms with Crippen LogP contribution in [0.4, 0.5) is 8.78 Å². The molecule has 1 N–H and O–H groups in total. The third-order valence-corrected chi connectivity index (χ3v) is 4.95. The average Bonchev–Trinajstić information content (AvgIpc) is 2.70. The van der Waals surface area contributed by atoms with E-state index >= 15 is 0 Å². The van der Waals surface area contributed by atoms with Gasteiger partial charge in [0.2, 0.25) is 11.8 Å². The number of nitrogens with zero attached hydrogens (tertiary/aromatic N) is 1. The SMILES string of the molecule is CCCNC(=O)[C@@H](CC)N(Cc1ccc(F)cc1)C(=O)Cc1c(F)cccc1Cl. The highest BCUT2D eigenvalue weighted by Crippen LogP contribution is 2.22. The van der Waals surface area contributed by atoms with Crippen LogP contribution in [0.1, 0.15) is 37.8 Å². The molecule has 2 aromatic rings. The van der Waals surface area contributed by atoms with Crippen LogP contribution in [0.25, 0.3) is 0 Å². The minimum Gasteiger partial charge on any atom is -0.354 e. The Morgan fingerprint density at radius 1 is 1.10 bits per heavy atom. The zero-order valence-electron chi connectivity index (χ0n) is 16.6. The number of hydrogen-bond donors (Lipinski definition) is 1. The number of benzene rings is 2. The lowest BCUT2D eigenvalue weighted by Crippen LogP contribution is -2.49. The van der Waals surface area contributed by atoms with Gasteiger partial charge in [0.15, 0.2) is 0 Å². The molecule has 2 aromatic carbocycles. The maximum atomic E-state index is 14.2. The fourth-order valence-electron chi connectivity index (χ4n) is 3.03. The van der Waals surface area contributed by atoms with Gasteiger partial charge in [0, 0.05) is 23.7 Å². The van der Waals surface area contributed by atoms with Crippen molar-refractivity contribution in [2.75, 3.05) is 6.54 Å². The Kier molecular flexibility index (Phi) is 8.58. The molecule has 0 aliphatic heterocycles. The van der Waals surface area contributed by atoms with E-state index < -0.39 is 23.6 Å². The van der Waals surface area contributed by atoms with E-state index in [4.69, 9.17) is 11.6 Å². The standard InChI is InChI=1S/C22H25ClF2N2O2/c1-3-12-26-22(29)20(4-2)27(14-15-8-10-16(24)11-9-15)21(28)13-17-18(23)6-5-7-19(17)25/h5-11,20H,3-4,12-14H2,1-2H3,(H,26,29)/t20-/m1/s1. The third kappa shape index (κ3) is 6.26. The summed E-state index contributed by atoms with van der Waals surface area (Å²) in [5, 5.41) is 2.96. The van der Waals surface area contributed by atoms with Crippen molar-refractivity contribution >= 4 is 23.4 Å². The maximum Gasteiger partial charge on any atom is 0.242 e. The zero-order chi connectivity index (χ0) is 21.4. The molecule has 0 heterocycles. The number of nitrogens with one attached hydrogen (secondary N) is 1. The molecule has 0 aliphatic rings. The normalized spacial score (nSPS) is 11.8. The lowest BCUT2D eigenvalue weighted by Gasteiger charge is -2.31. The third-order valence-electron chi connectivity index (χ3n) is 4.59. The molecule has 0 fully saturated rings. The van der Waals surface area contributed by atoms with Gasteiger partial charge in [-0.25, -0.2) is 8.78 Å². The number of amides is 2. The van der Waals surface area contributed by atoms with E-state index in [9.17, 15) is 18.4 Å². The van der Waals surface area contributed by atoms with Crippen molar-refractivity contribution in [3.8, 4) is 0 Å². The molecule has 7 heteroatoms. The summed E-state index contributed by atoms with van der Waals surface area (Å²) in [5.41, 5.74) is 0.758. The highest BCUT2D eigenvalue weighted by atomic mass is 35.5. The topological polar surface area (TPSA) is 49.4 Å². The summed E-state index contributed by atoms with van der Waals surface area (Å²) in [5.74, 6) is -1.67. The molecule has 0 radical (unpaired) electrons. The molecule has 156 valence electrons. The summed E-state index contributed by atoms with van der Waals surface area (Å²) in [6, 6.07) is 9.20. The van der Waals surface area contributed by atoms with Crippen LogP contribution in [-0.4, -0.2) is 29.3 Å². The summed E-state index contributed by atoms with van der Waals surface area (Å²) in [7, 11) is 0. The van der Waals surface area contributed by atoms with Crippen LogP contribution in [-0.2, 0) is 22.6 Å². The molecular formula is C22H25ClF2N2O2. The van der Waals surface area contributed by atoms with Crippen LogP contribution in [0.15, 0.2) is 42.5 Å². The first kappa shape index (κ1) is 22.8. The van der Waals surface area contributed by atoms with Crippen LogP contribution in [0.3, 0.4) is 0 Å². The Balaban J connectivity index is 2.32. The monoisotopic (exact) mass is 422 g/mol. The van der Waals surface area contributed by atoms with Gasteiger partial charge in [-0.05, 0) is 42.7 Å². The smallest absolute Gasteiger partial charge is 0.242 e. The molecule has 0 spiro atoms. The summed E-state index contributed by atoms with van der Waals surface area (Å²) in [6.45, 7) is 4.33. The van der Waals surface area contributed by atoms with E-state index in [1.54, 1.807) is 19.1 Å². The number of carbonyl (C=O) groups is 2.